The summed E-state index contributed by atoms with van der Waals surface area (Å²) in [6.45, 7) is 9.29. The number of hydrogen-bond donors (Lipinski definition) is 1. The Labute approximate surface area is 259 Å². The summed E-state index contributed by atoms with van der Waals surface area (Å²) in [6, 6.07) is 8.36. The van der Waals surface area contributed by atoms with Gasteiger partial charge in [0.25, 0.3) is 6.43 Å². The number of piperidine rings is 2. The van der Waals surface area contributed by atoms with Gasteiger partial charge in [0.1, 0.15) is 0 Å². The highest BCUT2D eigenvalue weighted by atomic mass is 19.3. The third-order valence-corrected chi connectivity index (χ3v) is 10.4. The van der Waals surface area contributed by atoms with Crippen LogP contribution in [0.3, 0.4) is 0 Å². The highest BCUT2D eigenvalue weighted by Gasteiger charge is 2.32. The van der Waals surface area contributed by atoms with Crippen LogP contribution in [0.25, 0.3) is 11.1 Å². The summed E-state index contributed by atoms with van der Waals surface area (Å²) < 4.78 is 30.8. The van der Waals surface area contributed by atoms with Crippen molar-refractivity contribution in [3.05, 3.63) is 64.5 Å². The van der Waals surface area contributed by atoms with Gasteiger partial charge < -0.3 is 20.0 Å². The van der Waals surface area contributed by atoms with Gasteiger partial charge in [0.15, 0.2) is 0 Å². The number of alkyl halides is 2. The standard InChI is InChI=1S/C35H44F2N6O/c1-23(44)42-21-28-14-27(25-7-12-41(13-8-25)19-24-5-9-38-10-6-24)16-34(32(28)22-42)43-11-3-4-26-15-30(29-18-39-40(2)20-29)31(35(36)37)17-33(26)43/h14-18,20,24-25,35,38H,3-13,19,21-22H2,1-2H3. The molecule has 0 aliphatic carbocycles. The van der Waals surface area contributed by atoms with E-state index >= 15 is 0 Å². The third kappa shape index (κ3) is 5.76. The van der Waals surface area contributed by atoms with E-state index in [0.29, 0.717) is 30.1 Å². The highest BCUT2D eigenvalue weighted by Crippen LogP contribution is 2.45. The van der Waals surface area contributed by atoms with Gasteiger partial charge in [-0.25, -0.2) is 8.78 Å². The van der Waals surface area contributed by atoms with Gasteiger partial charge in [-0.15, -0.1) is 0 Å². The van der Waals surface area contributed by atoms with Crippen LogP contribution in [0.5, 0.6) is 0 Å². The minimum absolute atomic E-state index is 0.0444. The van der Waals surface area contributed by atoms with E-state index in [0.717, 1.165) is 86.8 Å². The molecule has 0 atom stereocenters. The van der Waals surface area contributed by atoms with E-state index in [1.54, 1.807) is 30.1 Å². The van der Waals surface area contributed by atoms with Gasteiger partial charge >= 0.3 is 0 Å². The molecule has 1 amide bonds. The summed E-state index contributed by atoms with van der Waals surface area (Å²) in [4.78, 5) is 19.3. The molecular weight excluding hydrogens is 558 g/mol. The number of benzene rings is 2. The number of nitrogens with one attached hydrogen (secondary N) is 1. The maximum Gasteiger partial charge on any atom is 0.264 e. The zero-order valence-electron chi connectivity index (χ0n) is 26.0. The van der Waals surface area contributed by atoms with Crippen LogP contribution in [0.1, 0.15) is 79.2 Å². The first-order valence-electron chi connectivity index (χ1n) is 16.4. The Hall–Kier alpha value is -3.30. The first-order valence-corrected chi connectivity index (χ1v) is 16.4. The van der Waals surface area contributed by atoms with E-state index in [-0.39, 0.29) is 11.5 Å². The van der Waals surface area contributed by atoms with E-state index in [2.05, 4.69) is 32.3 Å². The molecule has 5 heterocycles. The molecule has 4 aliphatic heterocycles. The fourth-order valence-electron chi connectivity index (χ4n) is 7.98. The Bertz CT molecular complexity index is 1520. The number of aryl methyl sites for hydroxylation is 2. The normalized spacial score (nSPS) is 19.9. The van der Waals surface area contributed by atoms with Crippen molar-refractivity contribution in [2.45, 2.75) is 70.9 Å². The van der Waals surface area contributed by atoms with Gasteiger partial charge in [0, 0.05) is 74.4 Å². The number of aromatic nitrogens is 2. The minimum atomic E-state index is -2.60. The molecule has 3 aromatic rings. The lowest BCUT2D eigenvalue weighted by molar-refractivity contribution is -0.129. The Morgan fingerprint density at radius 1 is 1.00 bits per heavy atom. The predicted octanol–water partition coefficient (Wildman–Crippen LogP) is 6.15. The average Bonchev–Trinajstić information content (AvgIpc) is 3.67. The van der Waals surface area contributed by atoms with Crippen LogP contribution in [0.4, 0.5) is 20.2 Å². The van der Waals surface area contributed by atoms with Crippen LogP contribution < -0.4 is 10.2 Å². The van der Waals surface area contributed by atoms with Crippen LogP contribution in [-0.4, -0.2) is 64.8 Å². The SMILES string of the molecule is CC(=O)N1Cc2cc(C3CCN(CC4CCNCC4)CC3)cc(N3CCCc4cc(-c5cnn(C)c5)c(C(F)F)cc43)c2C1. The van der Waals surface area contributed by atoms with Gasteiger partial charge in [-0.1, -0.05) is 6.07 Å². The largest absolute Gasteiger partial charge is 0.341 e. The number of rotatable bonds is 6. The Morgan fingerprint density at radius 2 is 1.80 bits per heavy atom. The van der Waals surface area contributed by atoms with E-state index < -0.39 is 6.43 Å². The van der Waals surface area contributed by atoms with Crippen molar-refractivity contribution in [1.82, 2.24) is 24.9 Å². The first kappa shape index (κ1) is 29.4. The fourth-order valence-corrected chi connectivity index (χ4v) is 7.98. The molecule has 7 rings (SSSR count). The lowest BCUT2D eigenvalue weighted by Gasteiger charge is -2.37. The lowest BCUT2D eigenvalue weighted by Crippen LogP contribution is -2.39. The number of carbonyl (C=O) groups is 1. The zero-order chi connectivity index (χ0) is 30.4. The maximum absolute atomic E-state index is 14.6. The molecule has 44 heavy (non-hydrogen) atoms. The third-order valence-electron chi connectivity index (χ3n) is 10.4. The molecule has 0 radical (unpaired) electrons. The molecule has 0 spiro atoms. The summed E-state index contributed by atoms with van der Waals surface area (Å²) >= 11 is 0. The van der Waals surface area contributed by atoms with Crippen LogP contribution in [0.15, 0.2) is 36.7 Å². The van der Waals surface area contributed by atoms with Crippen molar-refractivity contribution in [2.75, 3.05) is 44.2 Å². The maximum atomic E-state index is 14.6. The van der Waals surface area contributed by atoms with Gasteiger partial charge in [0.2, 0.25) is 5.91 Å². The Balaban J connectivity index is 1.22. The molecule has 0 unspecified atom stereocenters. The molecule has 2 aromatic carbocycles. The molecule has 7 nitrogen and oxygen atoms in total. The molecule has 4 aliphatic rings. The monoisotopic (exact) mass is 602 g/mol. The van der Waals surface area contributed by atoms with Gasteiger partial charge in [-0.3, -0.25) is 9.48 Å². The minimum Gasteiger partial charge on any atom is -0.341 e. The van der Waals surface area contributed by atoms with E-state index in [1.165, 1.54) is 30.5 Å². The number of halogens is 2. The molecule has 1 aromatic heterocycles. The fraction of sp³-hybridized carbons (Fsp3) is 0.543. The second-order valence-corrected chi connectivity index (χ2v) is 13.3. The van der Waals surface area contributed by atoms with Crippen molar-refractivity contribution in [2.24, 2.45) is 13.0 Å². The van der Waals surface area contributed by atoms with Gasteiger partial charge in [0.05, 0.1) is 6.20 Å². The Morgan fingerprint density at radius 3 is 2.50 bits per heavy atom. The summed E-state index contributed by atoms with van der Waals surface area (Å²) in [5, 5.41) is 7.72. The second kappa shape index (κ2) is 12.2. The van der Waals surface area contributed by atoms with Crippen LogP contribution in [0.2, 0.25) is 0 Å². The topological polar surface area (TPSA) is 56.6 Å². The van der Waals surface area contributed by atoms with Crippen molar-refractivity contribution >= 4 is 17.3 Å². The molecule has 234 valence electrons. The van der Waals surface area contributed by atoms with E-state index in [9.17, 15) is 13.6 Å². The van der Waals surface area contributed by atoms with Crippen LogP contribution in [0, 0.1) is 5.92 Å². The van der Waals surface area contributed by atoms with Crippen molar-refractivity contribution in [3.63, 3.8) is 0 Å². The summed E-state index contributed by atoms with van der Waals surface area (Å²) in [5.74, 6) is 1.33. The molecule has 2 saturated heterocycles. The number of anilines is 2. The van der Waals surface area contributed by atoms with Crippen molar-refractivity contribution in [3.8, 4) is 11.1 Å². The summed E-state index contributed by atoms with van der Waals surface area (Å²) in [5.41, 5.74) is 8.08. The highest BCUT2D eigenvalue weighted by molar-refractivity contribution is 5.80. The Kier molecular flexibility index (Phi) is 8.18. The van der Waals surface area contributed by atoms with Gasteiger partial charge in [-0.05, 0) is 117 Å². The number of carbonyl (C=O) groups excluding carboxylic acids is 1. The zero-order valence-corrected chi connectivity index (χ0v) is 26.0. The molecule has 0 bridgehead atoms. The number of amides is 1. The first-order chi connectivity index (χ1) is 21.3. The molecule has 9 heteroatoms. The number of fused-ring (bicyclic) bond motifs is 2. The second-order valence-electron chi connectivity index (χ2n) is 13.3. The predicted molar refractivity (Wildman–Crippen MR) is 169 cm³/mol. The molecule has 1 N–H and O–H groups in total. The lowest BCUT2D eigenvalue weighted by atomic mass is 9.86. The number of nitrogens with zero attached hydrogens (tertiary/aromatic N) is 5. The van der Waals surface area contributed by atoms with Crippen LogP contribution >= 0.6 is 0 Å². The molecular formula is C35H44F2N6O. The molecule has 0 saturated carbocycles. The number of likely N-dealkylation sites (tertiary alicyclic amines) is 1. The van der Waals surface area contributed by atoms with E-state index in [1.807, 2.05) is 18.0 Å². The number of hydrogen-bond acceptors (Lipinski definition) is 5. The van der Waals surface area contributed by atoms with Crippen LogP contribution in [-0.2, 0) is 31.4 Å². The smallest absolute Gasteiger partial charge is 0.264 e. The van der Waals surface area contributed by atoms with Gasteiger partial charge in [-0.2, -0.15) is 5.10 Å². The summed E-state index contributed by atoms with van der Waals surface area (Å²) in [6.07, 6.45) is 7.46. The molecule has 2 fully saturated rings. The quantitative estimate of drug-likeness (QED) is 0.367. The summed E-state index contributed by atoms with van der Waals surface area (Å²) in [7, 11) is 1.81. The van der Waals surface area contributed by atoms with Crippen molar-refractivity contribution < 1.29 is 13.6 Å². The van der Waals surface area contributed by atoms with Crippen molar-refractivity contribution in [1.29, 1.82) is 0 Å². The average molecular weight is 603 g/mol. The van der Waals surface area contributed by atoms with E-state index in [4.69, 9.17) is 0 Å².